The summed E-state index contributed by atoms with van der Waals surface area (Å²) >= 11 is 0. The van der Waals surface area contributed by atoms with Crippen LogP contribution in [0.2, 0.25) is 0 Å². The summed E-state index contributed by atoms with van der Waals surface area (Å²) in [4.78, 5) is 10.8. The molecule has 1 aliphatic heterocycles. The van der Waals surface area contributed by atoms with Gasteiger partial charge in [0.25, 0.3) is 0 Å². The van der Waals surface area contributed by atoms with Crippen LogP contribution < -0.4 is 0 Å². The molecule has 0 aliphatic carbocycles. The number of carbonyl (C=O) groups is 1. The van der Waals surface area contributed by atoms with Gasteiger partial charge >= 0.3 is 5.97 Å². The Kier molecular flexibility index (Phi) is 3.02. The number of rotatable bonds is 3. The van der Waals surface area contributed by atoms with Gasteiger partial charge in [-0.1, -0.05) is 6.92 Å². The second-order valence-electron chi connectivity index (χ2n) is 4.48. The van der Waals surface area contributed by atoms with Crippen LogP contribution in [0.25, 0.3) is 0 Å². The van der Waals surface area contributed by atoms with Crippen LogP contribution >= 0.6 is 0 Å². The molecule has 14 heavy (non-hydrogen) atoms. The summed E-state index contributed by atoms with van der Waals surface area (Å²) in [6.07, 6.45) is 0.735. The lowest BCUT2D eigenvalue weighted by molar-refractivity contribution is -0.136. The van der Waals surface area contributed by atoms with Crippen molar-refractivity contribution in [3.63, 3.8) is 0 Å². The molecule has 82 valence electrons. The number of hydrogen-bond acceptors (Lipinski definition) is 2. The van der Waals surface area contributed by atoms with Crippen LogP contribution in [0.1, 0.15) is 34.1 Å². The zero-order valence-corrected chi connectivity index (χ0v) is 9.80. The lowest BCUT2D eigenvalue weighted by atomic mass is 10.3. The summed E-state index contributed by atoms with van der Waals surface area (Å²) in [5.74, 6) is -0.866. The monoisotopic (exact) mass is 219 g/mol. The molecule has 5 heteroatoms. The molecule has 1 rings (SSSR count). The van der Waals surface area contributed by atoms with Crippen molar-refractivity contribution in [1.82, 2.24) is 4.31 Å². The maximum atomic E-state index is 11.9. The zero-order chi connectivity index (χ0) is 11.1. The van der Waals surface area contributed by atoms with E-state index in [4.69, 9.17) is 5.11 Å². The van der Waals surface area contributed by atoms with Crippen molar-refractivity contribution >= 4 is 17.0 Å². The normalized spacial score (nSPS) is 33.9. The minimum absolute atomic E-state index is 0.0486. The van der Waals surface area contributed by atoms with Crippen LogP contribution in [0.4, 0.5) is 0 Å². The molecule has 1 aliphatic rings. The molecule has 0 bridgehead atoms. The first-order chi connectivity index (χ1) is 6.30. The molecule has 0 aromatic heterocycles. The van der Waals surface area contributed by atoms with Crippen LogP contribution in [-0.4, -0.2) is 36.4 Å². The third-order valence-electron chi connectivity index (χ3n) is 2.26. The van der Waals surface area contributed by atoms with Crippen molar-refractivity contribution in [3.05, 3.63) is 0 Å². The molecule has 1 fully saturated rings. The van der Waals surface area contributed by atoms with Crippen LogP contribution in [0.3, 0.4) is 0 Å². The summed E-state index contributed by atoms with van der Waals surface area (Å²) < 4.78 is 13.1. The Morgan fingerprint density at radius 1 is 1.50 bits per heavy atom. The van der Waals surface area contributed by atoms with E-state index in [0.29, 0.717) is 0 Å². The Labute approximate surface area is 86.9 Å². The lowest BCUT2D eigenvalue weighted by Crippen LogP contribution is -2.29. The third-order valence-corrected chi connectivity index (χ3v) is 4.19. The number of carboxylic acid groups (broad SMARTS) is 1. The molecule has 1 N–H and O–H groups in total. The fourth-order valence-electron chi connectivity index (χ4n) is 1.48. The van der Waals surface area contributed by atoms with Gasteiger partial charge in [0, 0.05) is 0 Å². The molecule has 4 nitrogen and oxygen atoms in total. The quantitative estimate of drug-likeness (QED) is 0.720. The van der Waals surface area contributed by atoms with E-state index in [1.165, 1.54) is 0 Å². The first-order valence-electron chi connectivity index (χ1n) is 4.73. The summed E-state index contributed by atoms with van der Waals surface area (Å²) in [6.45, 7) is 7.48. The summed E-state index contributed by atoms with van der Waals surface area (Å²) in [6, 6.07) is -0.590. The Morgan fingerprint density at radius 3 is 2.21 bits per heavy atom. The highest BCUT2D eigenvalue weighted by Crippen LogP contribution is 2.36. The zero-order valence-electron chi connectivity index (χ0n) is 8.98. The fraction of sp³-hybridized carbons (Fsp3) is 0.889. The largest absolute Gasteiger partial charge is 0.480 e. The van der Waals surface area contributed by atoms with Crippen molar-refractivity contribution in [2.24, 2.45) is 0 Å². The van der Waals surface area contributed by atoms with Crippen molar-refractivity contribution in [2.45, 2.75) is 50.9 Å². The van der Waals surface area contributed by atoms with Crippen LogP contribution in [0.15, 0.2) is 0 Å². The highest BCUT2D eigenvalue weighted by atomic mass is 32.2. The van der Waals surface area contributed by atoms with Gasteiger partial charge in [-0.15, -0.1) is 0 Å². The van der Waals surface area contributed by atoms with E-state index in [0.717, 1.165) is 6.42 Å². The fourth-order valence-corrected chi connectivity index (χ4v) is 3.00. The number of nitrogens with zero attached hydrogens (tertiary/aromatic N) is 1. The minimum atomic E-state index is -1.21. The van der Waals surface area contributed by atoms with E-state index in [9.17, 15) is 9.00 Å². The molecule has 0 aromatic rings. The van der Waals surface area contributed by atoms with Gasteiger partial charge in [-0.25, -0.2) is 8.51 Å². The van der Waals surface area contributed by atoms with Crippen molar-refractivity contribution in [2.75, 3.05) is 0 Å². The van der Waals surface area contributed by atoms with Gasteiger partial charge in [0.2, 0.25) is 0 Å². The Bertz CT molecular complexity index is 272. The van der Waals surface area contributed by atoms with Gasteiger partial charge in [0.05, 0.1) is 10.8 Å². The first kappa shape index (κ1) is 11.7. The molecular formula is C9H17NO3S. The number of hydrogen-bond donors (Lipinski definition) is 1. The third kappa shape index (κ3) is 1.98. The van der Waals surface area contributed by atoms with Gasteiger partial charge in [-0.05, 0) is 27.2 Å². The molecule has 0 spiro atoms. The molecule has 0 radical (unpaired) electrons. The smallest absolute Gasteiger partial charge is 0.323 e. The first-order valence-corrected chi connectivity index (χ1v) is 5.84. The van der Waals surface area contributed by atoms with Crippen LogP contribution in [0, 0.1) is 0 Å². The minimum Gasteiger partial charge on any atom is -0.480 e. The van der Waals surface area contributed by atoms with Crippen LogP contribution in [-0.2, 0) is 15.8 Å². The van der Waals surface area contributed by atoms with E-state index in [1.54, 1.807) is 4.31 Å². The van der Waals surface area contributed by atoms with E-state index >= 15 is 0 Å². The van der Waals surface area contributed by atoms with E-state index in [-0.39, 0.29) is 10.8 Å². The molecule has 4 atom stereocenters. The van der Waals surface area contributed by atoms with Gasteiger partial charge in [0.1, 0.15) is 17.0 Å². The van der Waals surface area contributed by atoms with E-state index in [2.05, 4.69) is 0 Å². The highest BCUT2D eigenvalue weighted by Gasteiger charge is 2.56. The summed E-state index contributed by atoms with van der Waals surface area (Å²) in [7, 11) is -1.21. The number of carboxylic acids is 1. The second-order valence-corrected chi connectivity index (χ2v) is 6.62. The van der Waals surface area contributed by atoms with Crippen LogP contribution in [0.5, 0.6) is 0 Å². The Morgan fingerprint density at radius 2 is 2.00 bits per heavy atom. The molecule has 0 saturated carbocycles. The SMILES string of the molecule is CC[C@@H]1[C@H](C(=O)O)N1[S@](=O)C(C)(C)C. The molecule has 1 unspecified atom stereocenters. The Hall–Kier alpha value is -0.420. The molecule has 1 saturated heterocycles. The lowest BCUT2D eigenvalue weighted by Gasteiger charge is -2.18. The average molecular weight is 219 g/mol. The second kappa shape index (κ2) is 3.62. The average Bonchev–Trinajstić information content (AvgIpc) is 2.74. The van der Waals surface area contributed by atoms with Gasteiger partial charge in [-0.3, -0.25) is 4.79 Å². The Balaban J connectivity index is 2.73. The predicted octanol–water partition coefficient (Wildman–Crippen LogP) is 0.996. The van der Waals surface area contributed by atoms with Crippen molar-refractivity contribution in [3.8, 4) is 0 Å². The highest BCUT2D eigenvalue weighted by molar-refractivity contribution is 7.84. The van der Waals surface area contributed by atoms with E-state index < -0.39 is 23.0 Å². The maximum absolute atomic E-state index is 11.9. The molecular weight excluding hydrogens is 202 g/mol. The van der Waals surface area contributed by atoms with Gasteiger partial charge < -0.3 is 5.11 Å². The van der Waals surface area contributed by atoms with E-state index in [1.807, 2.05) is 27.7 Å². The number of aliphatic carboxylic acids is 1. The molecule has 0 aromatic carbocycles. The molecule has 0 amide bonds. The summed E-state index contributed by atoms with van der Waals surface area (Å²) in [5.41, 5.74) is 0. The topological polar surface area (TPSA) is 57.4 Å². The standard InChI is InChI=1S/C9H17NO3S/c1-5-6-7(8(11)12)10(6)14(13)9(2,3)4/h6-7H,5H2,1-4H3,(H,11,12)/t6-,7-,10?,14-/m1/s1. The summed E-state index contributed by atoms with van der Waals surface area (Å²) in [5, 5.41) is 8.86. The van der Waals surface area contributed by atoms with Gasteiger partial charge in [0.15, 0.2) is 0 Å². The van der Waals surface area contributed by atoms with Crippen molar-refractivity contribution in [1.29, 1.82) is 0 Å². The van der Waals surface area contributed by atoms with Gasteiger partial charge in [-0.2, -0.15) is 0 Å². The van der Waals surface area contributed by atoms with Crippen molar-refractivity contribution < 1.29 is 14.1 Å². The predicted molar refractivity (Wildman–Crippen MR) is 55.2 cm³/mol. The molecule has 1 heterocycles. The maximum Gasteiger partial charge on any atom is 0.323 e.